The van der Waals surface area contributed by atoms with Gasteiger partial charge in [-0.15, -0.1) is 11.3 Å². The van der Waals surface area contributed by atoms with Gasteiger partial charge in [-0.3, -0.25) is 0 Å². The highest BCUT2D eigenvalue weighted by Crippen LogP contribution is 2.08. The highest BCUT2D eigenvalue weighted by atomic mass is 32.1. The van der Waals surface area contributed by atoms with Gasteiger partial charge in [-0.05, 0) is 23.8 Å². The molecule has 0 saturated heterocycles. The Morgan fingerprint density at radius 2 is 2.17 bits per heavy atom. The van der Waals surface area contributed by atoms with Crippen LogP contribution in [0.2, 0.25) is 0 Å². The lowest BCUT2D eigenvalue weighted by atomic mass is 10.0. The number of hydrogen-bond acceptors (Lipinski definition) is 3. The third-order valence-electron chi connectivity index (χ3n) is 2.31. The van der Waals surface area contributed by atoms with Crippen LogP contribution in [-0.4, -0.2) is 23.1 Å². The maximum Gasteiger partial charge on any atom is 0.326 e. The average molecular weight is 270 g/mol. The highest BCUT2D eigenvalue weighted by Gasteiger charge is 2.20. The molecule has 0 spiro atoms. The number of thiophene rings is 1. The fourth-order valence-electron chi connectivity index (χ4n) is 1.48. The number of amides is 2. The number of rotatable bonds is 6. The smallest absolute Gasteiger partial charge is 0.326 e. The van der Waals surface area contributed by atoms with Crippen molar-refractivity contribution in [3.8, 4) is 0 Å². The average Bonchev–Trinajstić information content (AvgIpc) is 2.77. The molecule has 0 radical (unpaired) electrons. The van der Waals surface area contributed by atoms with Crippen LogP contribution in [0.3, 0.4) is 0 Å². The van der Waals surface area contributed by atoms with E-state index in [9.17, 15) is 9.59 Å². The first kappa shape index (κ1) is 14.5. The molecule has 1 aromatic heterocycles. The quantitative estimate of drug-likeness (QED) is 0.740. The minimum absolute atomic E-state index is 0.212. The zero-order valence-corrected chi connectivity index (χ0v) is 11.3. The van der Waals surface area contributed by atoms with Crippen LogP contribution >= 0.6 is 11.3 Å². The van der Waals surface area contributed by atoms with Gasteiger partial charge in [-0.25, -0.2) is 9.59 Å². The molecule has 18 heavy (non-hydrogen) atoms. The lowest BCUT2D eigenvalue weighted by molar-refractivity contribution is -0.139. The minimum atomic E-state index is -1.00. The summed E-state index contributed by atoms with van der Waals surface area (Å²) in [7, 11) is 0. The second-order valence-electron chi connectivity index (χ2n) is 4.43. The van der Waals surface area contributed by atoms with Crippen molar-refractivity contribution in [2.75, 3.05) is 0 Å². The molecule has 0 unspecified atom stereocenters. The molecular weight excluding hydrogens is 252 g/mol. The van der Waals surface area contributed by atoms with Gasteiger partial charge in [-0.2, -0.15) is 0 Å². The molecule has 1 atom stereocenters. The van der Waals surface area contributed by atoms with Crippen molar-refractivity contribution in [1.82, 2.24) is 10.6 Å². The number of carbonyl (C=O) groups is 2. The Morgan fingerprint density at radius 1 is 1.44 bits per heavy atom. The van der Waals surface area contributed by atoms with E-state index in [1.807, 2.05) is 31.4 Å². The van der Waals surface area contributed by atoms with E-state index in [4.69, 9.17) is 5.11 Å². The van der Waals surface area contributed by atoms with Crippen LogP contribution in [0.4, 0.5) is 4.79 Å². The third kappa shape index (κ3) is 5.18. The van der Waals surface area contributed by atoms with Gasteiger partial charge in [0.05, 0.1) is 6.54 Å². The van der Waals surface area contributed by atoms with Gasteiger partial charge in [0.25, 0.3) is 0 Å². The number of carboxylic acid groups (broad SMARTS) is 1. The van der Waals surface area contributed by atoms with Gasteiger partial charge in [0.2, 0.25) is 0 Å². The van der Waals surface area contributed by atoms with Gasteiger partial charge in [-0.1, -0.05) is 19.9 Å². The van der Waals surface area contributed by atoms with Crippen LogP contribution in [0.1, 0.15) is 25.1 Å². The number of urea groups is 1. The summed E-state index contributed by atoms with van der Waals surface area (Å²) in [5.41, 5.74) is 0. The fraction of sp³-hybridized carbons (Fsp3) is 0.500. The normalized spacial score (nSPS) is 12.2. The van der Waals surface area contributed by atoms with E-state index in [0.29, 0.717) is 13.0 Å². The predicted molar refractivity (Wildman–Crippen MR) is 70.6 cm³/mol. The molecule has 1 heterocycles. The first-order valence-corrected chi connectivity index (χ1v) is 6.66. The Hall–Kier alpha value is -1.56. The highest BCUT2D eigenvalue weighted by molar-refractivity contribution is 7.09. The van der Waals surface area contributed by atoms with Gasteiger partial charge in [0, 0.05) is 4.88 Å². The number of carboxylic acids is 1. The number of carbonyl (C=O) groups excluding carboxylic acids is 1. The van der Waals surface area contributed by atoms with Crippen LogP contribution in [0.15, 0.2) is 17.5 Å². The van der Waals surface area contributed by atoms with Crippen molar-refractivity contribution in [2.45, 2.75) is 32.9 Å². The van der Waals surface area contributed by atoms with Crippen LogP contribution in [0.5, 0.6) is 0 Å². The van der Waals surface area contributed by atoms with E-state index in [-0.39, 0.29) is 5.92 Å². The first-order chi connectivity index (χ1) is 8.49. The lowest BCUT2D eigenvalue weighted by Gasteiger charge is -2.16. The summed E-state index contributed by atoms with van der Waals surface area (Å²) in [5, 5.41) is 16.0. The largest absolute Gasteiger partial charge is 0.480 e. The Labute approximate surface area is 110 Å². The molecule has 0 aromatic carbocycles. The van der Waals surface area contributed by atoms with Crippen molar-refractivity contribution >= 4 is 23.3 Å². The molecule has 0 bridgehead atoms. The summed E-state index contributed by atoms with van der Waals surface area (Å²) in [6.45, 7) is 4.25. The van der Waals surface area contributed by atoms with Crippen molar-refractivity contribution in [3.63, 3.8) is 0 Å². The topological polar surface area (TPSA) is 78.4 Å². The summed E-state index contributed by atoms with van der Waals surface area (Å²) >= 11 is 1.54. The Balaban J connectivity index is 2.39. The van der Waals surface area contributed by atoms with E-state index >= 15 is 0 Å². The first-order valence-electron chi connectivity index (χ1n) is 5.78. The molecule has 1 rings (SSSR count). The minimum Gasteiger partial charge on any atom is -0.480 e. The third-order valence-corrected chi connectivity index (χ3v) is 3.19. The van der Waals surface area contributed by atoms with E-state index in [1.54, 1.807) is 11.3 Å². The summed E-state index contributed by atoms with van der Waals surface area (Å²) in [5.74, 6) is -0.793. The molecular formula is C12H18N2O3S. The molecule has 5 nitrogen and oxygen atoms in total. The SMILES string of the molecule is CC(C)C[C@H](NC(=O)NCc1cccs1)C(=O)O. The molecule has 1 aromatic rings. The molecule has 100 valence electrons. The predicted octanol–water partition coefficient (Wildman–Crippen LogP) is 2.05. The van der Waals surface area contributed by atoms with E-state index < -0.39 is 18.0 Å². The van der Waals surface area contributed by atoms with E-state index in [1.165, 1.54) is 0 Å². The lowest BCUT2D eigenvalue weighted by Crippen LogP contribution is -2.46. The molecule has 0 fully saturated rings. The monoisotopic (exact) mass is 270 g/mol. The van der Waals surface area contributed by atoms with E-state index in [0.717, 1.165) is 4.88 Å². The maximum atomic E-state index is 11.6. The second-order valence-corrected chi connectivity index (χ2v) is 5.46. The zero-order valence-electron chi connectivity index (χ0n) is 10.5. The van der Waals surface area contributed by atoms with Gasteiger partial charge >= 0.3 is 12.0 Å². The van der Waals surface area contributed by atoms with E-state index in [2.05, 4.69) is 10.6 Å². The molecule has 6 heteroatoms. The maximum absolute atomic E-state index is 11.6. The van der Waals surface area contributed by atoms with Crippen molar-refractivity contribution in [2.24, 2.45) is 5.92 Å². The zero-order chi connectivity index (χ0) is 13.5. The Morgan fingerprint density at radius 3 is 2.67 bits per heavy atom. The van der Waals surface area contributed by atoms with Crippen LogP contribution in [0.25, 0.3) is 0 Å². The van der Waals surface area contributed by atoms with Gasteiger partial charge < -0.3 is 15.7 Å². The number of aliphatic carboxylic acids is 1. The Bertz CT molecular complexity index is 390. The Kier molecular flexibility index (Phi) is 5.64. The van der Waals surface area contributed by atoms with Crippen molar-refractivity contribution in [3.05, 3.63) is 22.4 Å². The number of nitrogens with one attached hydrogen (secondary N) is 2. The summed E-state index contributed by atoms with van der Waals surface area (Å²) in [6.07, 6.45) is 0.418. The van der Waals surface area contributed by atoms with Crippen LogP contribution in [-0.2, 0) is 11.3 Å². The molecule has 0 aliphatic carbocycles. The van der Waals surface area contributed by atoms with Crippen LogP contribution in [0, 0.1) is 5.92 Å². The second kappa shape index (κ2) is 7.00. The molecule has 0 aliphatic heterocycles. The van der Waals surface area contributed by atoms with Crippen molar-refractivity contribution < 1.29 is 14.7 Å². The summed E-state index contributed by atoms with van der Waals surface area (Å²) in [4.78, 5) is 23.5. The molecule has 0 aliphatic rings. The fourth-order valence-corrected chi connectivity index (χ4v) is 2.13. The van der Waals surface area contributed by atoms with Gasteiger partial charge in [0.15, 0.2) is 0 Å². The standard InChI is InChI=1S/C12H18N2O3S/c1-8(2)6-10(11(15)16)14-12(17)13-7-9-4-3-5-18-9/h3-5,8,10H,6-7H2,1-2H3,(H,15,16)(H2,13,14,17)/t10-/m0/s1. The number of hydrogen-bond donors (Lipinski definition) is 3. The molecule has 2 amide bonds. The molecule has 3 N–H and O–H groups in total. The molecule has 0 saturated carbocycles. The van der Waals surface area contributed by atoms with Gasteiger partial charge in [0.1, 0.15) is 6.04 Å². The summed E-state index contributed by atoms with van der Waals surface area (Å²) in [6, 6.07) is 2.52. The summed E-state index contributed by atoms with van der Waals surface area (Å²) < 4.78 is 0. The van der Waals surface area contributed by atoms with Crippen molar-refractivity contribution in [1.29, 1.82) is 0 Å². The van der Waals surface area contributed by atoms with Crippen LogP contribution < -0.4 is 10.6 Å².